The molecular weight excluding hydrogens is 194 g/mol. The van der Waals surface area contributed by atoms with Crippen LogP contribution in [0.2, 0.25) is 0 Å². The predicted molar refractivity (Wildman–Crippen MR) is 59.8 cm³/mol. The topological polar surface area (TPSA) is 35.2 Å². The van der Waals surface area contributed by atoms with Gasteiger partial charge in [0.2, 0.25) is 0 Å². The van der Waals surface area contributed by atoms with Gasteiger partial charge in [-0.25, -0.2) is 0 Å². The molecule has 2 N–H and O–H groups in total. The number of hydrogen-bond acceptors (Lipinski definition) is 3. The Bertz CT molecular complexity index is 349. The van der Waals surface area contributed by atoms with Crippen LogP contribution in [0.15, 0.2) is 23.1 Å². The highest BCUT2D eigenvalue weighted by Gasteiger charge is 2.30. The standard InChI is InChI=1S/C11H15NOS/c1-11(2)13-9-7-8(5-6-12)3-4-10(9)14-11/h3-4,7H,5-6,12H2,1-2H3. The molecule has 0 bridgehead atoms. The summed E-state index contributed by atoms with van der Waals surface area (Å²) in [5, 5.41) is 0. The average molecular weight is 209 g/mol. The van der Waals surface area contributed by atoms with Gasteiger partial charge >= 0.3 is 0 Å². The Morgan fingerprint density at radius 3 is 2.93 bits per heavy atom. The number of ether oxygens (including phenoxy) is 1. The maximum Gasteiger partial charge on any atom is 0.153 e. The van der Waals surface area contributed by atoms with Crippen molar-refractivity contribution in [3.05, 3.63) is 23.8 Å². The van der Waals surface area contributed by atoms with Crippen molar-refractivity contribution >= 4 is 11.8 Å². The molecule has 0 aromatic heterocycles. The molecule has 14 heavy (non-hydrogen) atoms. The van der Waals surface area contributed by atoms with Crippen molar-refractivity contribution in [3.8, 4) is 5.75 Å². The van der Waals surface area contributed by atoms with Crippen molar-refractivity contribution in [3.63, 3.8) is 0 Å². The largest absolute Gasteiger partial charge is 0.476 e. The van der Waals surface area contributed by atoms with E-state index >= 15 is 0 Å². The molecule has 1 aromatic rings. The zero-order valence-electron chi connectivity index (χ0n) is 8.54. The van der Waals surface area contributed by atoms with Crippen LogP contribution in [-0.2, 0) is 6.42 Å². The minimum Gasteiger partial charge on any atom is -0.476 e. The third kappa shape index (κ3) is 1.88. The van der Waals surface area contributed by atoms with Crippen LogP contribution in [0.1, 0.15) is 19.4 Å². The van der Waals surface area contributed by atoms with Crippen molar-refractivity contribution in [2.45, 2.75) is 30.1 Å². The van der Waals surface area contributed by atoms with E-state index in [0.717, 1.165) is 12.2 Å². The van der Waals surface area contributed by atoms with Gasteiger partial charge < -0.3 is 10.5 Å². The third-order valence-electron chi connectivity index (χ3n) is 2.15. The summed E-state index contributed by atoms with van der Waals surface area (Å²) >= 11 is 1.77. The summed E-state index contributed by atoms with van der Waals surface area (Å²) < 4.78 is 5.80. The number of fused-ring (bicyclic) bond motifs is 1. The lowest BCUT2D eigenvalue weighted by molar-refractivity contribution is 0.215. The summed E-state index contributed by atoms with van der Waals surface area (Å²) in [6.45, 7) is 4.86. The molecular formula is C11H15NOS. The Labute approximate surface area is 88.8 Å². The van der Waals surface area contributed by atoms with E-state index in [1.165, 1.54) is 10.5 Å². The quantitative estimate of drug-likeness (QED) is 0.812. The molecule has 0 spiro atoms. The van der Waals surface area contributed by atoms with E-state index in [9.17, 15) is 0 Å². The second-order valence-electron chi connectivity index (χ2n) is 3.92. The van der Waals surface area contributed by atoms with Crippen LogP contribution in [0.5, 0.6) is 5.75 Å². The van der Waals surface area contributed by atoms with Crippen LogP contribution in [0, 0.1) is 0 Å². The number of hydrogen-bond donors (Lipinski definition) is 1. The first-order valence-corrected chi connectivity index (χ1v) is 5.63. The molecule has 0 unspecified atom stereocenters. The van der Waals surface area contributed by atoms with Crippen LogP contribution in [0.4, 0.5) is 0 Å². The van der Waals surface area contributed by atoms with Gasteiger partial charge in [0.15, 0.2) is 4.93 Å². The Kier molecular flexibility index (Phi) is 2.45. The summed E-state index contributed by atoms with van der Waals surface area (Å²) in [6.07, 6.45) is 0.918. The highest BCUT2D eigenvalue weighted by molar-refractivity contribution is 8.00. The van der Waals surface area contributed by atoms with Crippen molar-refractivity contribution in [2.75, 3.05) is 6.54 Å². The van der Waals surface area contributed by atoms with E-state index < -0.39 is 0 Å². The van der Waals surface area contributed by atoms with Crippen LogP contribution in [0.25, 0.3) is 0 Å². The van der Waals surface area contributed by atoms with Gasteiger partial charge in [0.25, 0.3) is 0 Å². The normalized spacial score (nSPS) is 17.6. The molecule has 1 aliphatic rings. The highest BCUT2D eigenvalue weighted by atomic mass is 32.2. The second kappa shape index (κ2) is 3.48. The molecule has 1 aliphatic heterocycles. The molecule has 1 aromatic carbocycles. The maximum atomic E-state index is 5.80. The van der Waals surface area contributed by atoms with E-state index in [1.54, 1.807) is 11.8 Å². The van der Waals surface area contributed by atoms with E-state index in [-0.39, 0.29) is 4.93 Å². The van der Waals surface area contributed by atoms with E-state index in [1.807, 2.05) is 0 Å². The van der Waals surface area contributed by atoms with E-state index in [2.05, 4.69) is 32.0 Å². The summed E-state index contributed by atoms with van der Waals surface area (Å²) in [4.78, 5) is 1.11. The molecule has 2 nitrogen and oxygen atoms in total. The van der Waals surface area contributed by atoms with Gasteiger partial charge in [-0.05, 0) is 44.5 Å². The van der Waals surface area contributed by atoms with Gasteiger partial charge in [-0.1, -0.05) is 17.8 Å². The molecule has 0 radical (unpaired) electrons. The van der Waals surface area contributed by atoms with Gasteiger partial charge in [-0.15, -0.1) is 0 Å². The number of rotatable bonds is 2. The summed E-state index contributed by atoms with van der Waals surface area (Å²) in [5.41, 5.74) is 6.77. The summed E-state index contributed by atoms with van der Waals surface area (Å²) in [7, 11) is 0. The molecule has 3 heteroatoms. The first kappa shape index (κ1) is 9.87. The van der Waals surface area contributed by atoms with E-state index in [0.29, 0.717) is 6.54 Å². The van der Waals surface area contributed by atoms with Gasteiger partial charge in [0, 0.05) is 0 Å². The summed E-state index contributed by atoms with van der Waals surface area (Å²) in [5.74, 6) is 1.01. The van der Waals surface area contributed by atoms with E-state index in [4.69, 9.17) is 10.5 Å². The molecule has 0 saturated heterocycles. The van der Waals surface area contributed by atoms with Crippen molar-refractivity contribution in [1.82, 2.24) is 0 Å². The van der Waals surface area contributed by atoms with Crippen LogP contribution in [0.3, 0.4) is 0 Å². The van der Waals surface area contributed by atoms with Crippen molar-refractivity contribution in [2.24, 2.45) is 5.73 Å². The fraction of sp³-hybridized carbons (Fsp3) is 0.455. The van der Waals surface area contributed by atoms with Gasteiger partial charge in [0.05, 0.1) is 4.90 Å². The van der Waals surface area contributed by atoms with Crippen LogP contribution in [-0.4, -0.2) is 11.5 Å². The van der Waals surface area contributed by atoms with Crippen molar-refractivity contribution in [1.29, 1.82) is 0 Å². The van der Waals surface area contributed by atoms with Gasteiger partial charge in [0.1, 0.15) is 5.75 Å². The lowest BCUT2D eigenvalue weighted by Crippen LogP contribution is -2.18. The Morgan fingerprint density at radius 1 is 1.43 bits per heavy atom. The molecule has 0 atom stereocenters. The number of benzene rings is 1. The second-order valence-corrected chi connectivity index (χ2v) is 5.55. The fourth-order valence-corrected chi connectivity index (χ4v) is 2.59. The molecule has 76 valence electrons. The third-order valence-corrected chi connectivity index (χ3v) is 3.28. The Balaban J connectivity index is 2.26. The zero-order chi connectivity index (χ0) is 10.2. The van der Waals surface area contributed by atoms with Gasteiger partial charge in [-0.2, -0.15) is 0 Å². The van der Waals surface area contributed by atoms with Crippen molar-refractivity contribution < 1.29 is 4.74 Å². The minimum absolute atomic E-state index is 0.121. The Hall–Kier alpha value is -0.670. The lowest BCUT2D eigenvalue weighted by atomic mass is 10.1. The maximum absolute atomic E-state index is 5.80. The summed E-state index contributed by atoms with van der Waals surface area (Å²) in [6, 6.07) is 6.35. The SMILES string of the molecule is CC1(C)Oc2cc(CCN)ccc2S1. The molecule has 0 aliphatic carbocycles. The Morgan fingerprint density at radius 2 is 2.21 bits per heavy atom. The monoisotopic (exact) mass is 209 g/mol. The highest BCUT2D eigenvalue weighted by Crippen LogP contribution is 2.47. The smallest absolute Gasteiger partial charge is 0.153 e. The number of thioether (sulfide) groups is 1. The average Bonchev–Trinajstić information content (AvgIpc) is 2.38. The molecule has 0 fully saturated rings. The predicted octanol–water partition coefficient (Wildman–Crippen LogP) is 2.41. The zero-order valence-corrected chi connectivity index (χ0v) is 9.36. The molecule has 2 rings (SSSR count). The first-order valence-electron chi connectivity index (χ1n) is 4.82. The van der Waals surface area contributed by atoms with Gasteiger partial charge in [-0.3, -0.25) is 0 Å². The fourth-order valence-electron chi connectivity index (χ4n) is 1.59. The first-order chi connectivity index (χ1) is 6.61. The lowest BCUT2D eigenvalue weighted by Gasteiger charge is -2.15. The molecule has 0 amide bonds. The molecule has 1 heterocycles. The van der Waals surface area contributed by atoms with Crippen LogP contribution < -0.4 is 10.5 Å². The van der Waals surface area contributed by atoms with Crippen LogP contribution >= 0.6 is 11.8 Å². The number of nitrogens with two attached hydrogens (primary N) is 1. The molecule has 0 saturated carbocycles. The minimum atomic E-state index is -0.121.